The van der Waals surface area contributed by atoms with Crippen LogP contribution in [0.3, 0.4) is 0 Å². The van der Waals surface area contributed by atoms with Crippen molar-refractivity contribution >= 4 is 5.97 Å². The van der Waals surface area contributed by atoms with Gasteiger partial charge in [-0.1, -0.05) is 60.1 Å². The summed E-state index contributed by atoms with van der Waals surface area (Å²) in [5.41, 5.74) is 1.04. The molecule has 5 aliphatic rings. The number of aliphatic hydroxyl groups is 2. The fraction of sp³-hybridized carbons (Fsp3) is 0.906. The summed E-state index contributed by atoms with van der Waals surface area (Å²) in [7, 11) is 1.58. The molecule has 0 amide bonds. The summed E-state index contributed by atoms with van der Waals surface area (Å²) in [5.74, 6) is 2.39. The Morgan fingerprint density at radius 1 is 1.00 bits per heavy atom. The van der Waals surface area contributed by atoms with E-state index in [0.29, 0.717) is 23.7 Å². The number of fused-ring (bicyclic) bond motifs is 7. The molecule has 0 aliphatic heterocycles. The van der Waals surface area contributed by atoms with Gasteiger partial charge in [0.15, 0.2) is 0 Å². The van der Waals surface area contributed by atoms with Crippen LogP contribution in [0.2, 0.25) is 0 Å². The summed E-state index contributed by atoms with van der Waals surface area (Å²) in [6.07, 6.45) is 10.4. The Morgan fingerprint density at radius 2 is 1.69 bits per heavy atom. The van der Waals surface area contributed by atoms with Crippen LogP contribution in [-0.2, 0) is 9.53 Å². The van der Waals surface area contributed by atoms with E-state index in [2.05, 4.69) is 54.5 Å². The maximum absolute atomic E-state index is 13.4. The third-order valence-corrected chi connectivity index (χ3v) is 14.0. The second kappa shape index (κ2) is 8.31. The average molecular weight is 501 g/mol. The molecule has 4 fully saturated rings. The molecule has 4 heteroatoms. The van der Waals surface area contributed by atoms with Gasteiger partial charge in [0.05, 0.1) is 25.2 Å². The molecular formula is C32H52O4. The van der Waals surface area contributed by atoms with Gasteiger partial charge in [0.25, 0.3) is 0 Å². The van der Waals surface area contributed by atoms with Gasteiger partial charge >= 0.3 is 5.97 Å². The average Bonchev–Trinajstić information content (AvgIpc) is 2.84. The van der Waals surface area contributed by atoms with E-state index in [4.69, 9.17) is 4.74 Å². The second-order valence-electron chi connectivity index (χ2n) is 15.1. The molecule has 36 heavy (non-hydrogen) atoms. The molecule has 5 unspecified atom stereocenters. The number of rotatable bonds is 2. The van der Waals surface area contributed by atoms with Gasteiger partial charge in [0, 0.05) is 5.41 Å². The van der Waals surface area contributed by atoms with Crippen LogP contribution in [0.4, 0.5) is 0 Å². The number of carbonyl (C=O) groups excluding carboxylic acids is 1. The molecule has 0 bridgehead atoms. The van der Waals surface area contributed by atoms with Gasteiger partial charge in [-0.15, -0.1) is 0 Å². The number of hydrogen-bond donors (Lipinski definition) is 2. The van der Waals surface area contributed by atoms with E-state index < -0.39 is 11.5 Å². The van der Waals surface area contributed by atoms with Gasteiger partial charge in [0.2, 0.25) is 0 Å². The van der Waals surface area contributed by atoms with Crippen LogP contribution < -0.4 is 0 Å². The van der Waals surface area contributed by atoms with Crippen LogP contribution in [0, 0.1) is 62.6 Å². The third kappa shape index (κ3) is 3.04. The number of carbonyl (C=O) groups is 1. The third-order valence-electron chi connectivity index (χ3n) is 14.0. The van der Waals surface area contributed by atoms with Crippen molar-refractivity contribution in [3.63, 3.8) is 0 Å². The standard InChI is InChI=1S/C32H52O4/c1-19-11-14-32(27(35)36-8)16-15-30(6)22(25(32)21(19)3)9-10-24-28(4)17-20(2)26(34)29(5,18-33)23(28)12-13-31(24,30)7/h9,19-21,23-26,33-34H,10-18H2,1-8H3/t19-,20-,21+,23?,24?,25?,26?,28+,29+,30-,31-,32?/m1/s1. The highest BCUT2D eigenvalue weighted by Crippen LogP contribution is 2.76. The minimum absolute atomic E-state index is 0.0194. The largest absolute Gasteiger partial charge is 0.469 e. The van der Waals surface area contributed by atoms with Gasteiger partial charge in [-0.25, -0.2) is 0 Å². The van der Waals surface area contributed by atoms with Gasteiger partial charge in [-0.3, -0.25) is 4.79 Å². The molecule has 2 N–H and O–H groups in total. The Hall–Kier alpha value is -0.870. The zero-order valence-electron chi connectivity index (χ0n) is 24.2. The summed E-state index contributed by atoms with van der Waals surface area (Å²) in [6.45, 7) is 16.7. The summed E-state index contributed by atoms with van der Waals surface area (Å²) in [6, 6.07) is 0. The smallest absolute Gasteiger partial charge is 0.312 e. The lowest BCUT2D eigenvalue weighted by Gasteiger charge is -2.72. The highest BCUT2D eigenvalue weighted by Gasteiger charge is 2.70. The molecule has 204 valence electrons. The predicted molar refractivity (Wildman–Crippen MR) is 143 cm³/mol. The van der Waals surface area contributed by atoms with Crippen molar-refractivity contribution in [3.05, 3.63) is 11.6 Å². The first kappa shape index (κ1) is 26.7. The van der Waals surface area contributed by atoms with Gasteiger partial charge in [0.1, 0.15) is 0 Å². The first-order chi connectivity index (χ1) is 16.8. The lowest BCUT2D eigenvalue weighted by atomic mass is 9.33. The Balaban J connectivity index is 1.62. The first-order valence-electron chi connectivity index (χ1n) is 14.8. The van der Waals surface area contributed by atoms with Crippen LogP contribution in [0.25, 0.3) is 0 Å². The zero-order chi connectivity index (χ0) is 26.5. The van der Waals surface area contributed by atoms with E-state index in [0.717, 1.165) is 51.4 Å². The highest BCUT2D eigenvalue weighted by molar-refractivity contribution is 5.78. The molecular weight excluding hydrogens is 448 g/mol. The fourth-order valence-electron chi connectivity index (χ4n) is 11.6. The van der Waals surface area contributed by atoms with Crippen LogP contribution in [0.15, 0.2) is 11.6 Å². The Bertz CT molecular complexity index is 942. The molecule has 5 rings (SSSR count). The van der Waals surface area contributed by atoms with Gasteiger partial charge in [-0.05, 0) is 103 Å². The van der Waals surface area contributed by atoms with Crippen molar-refractivity contribution in [3.8, 4) is 0 Å². The molecule has 0 heterocycles. The molecule has 0 radical (unpaired) electrons. The number of aliphatic hydroxyl groups excluding tert-OH is 2. The fourth-order valence-corrected chi connectivity index (χ4v) is 11.6. The Morgan fingerprint density at radius 3 is 2.33 bits per heavy atom. The molecule has 0 saturated heterocycles. The van der Waals surface area contributed by atoms with Crippen LogP contribution >= 0.6 is 0 Å². The van der Waals surface area contributed by atoms with E-state index in [9.17, 15) is 15.0 Å². The van der Waals surface area contributed by atoms with Crippen LogP contribution in [-0.4, -0.2) is 36.0 Å². The predicted octanol–water partition coefficient (Wildman–Crippen LogP) is 6.40. The molecule has 0 aromatic rings. The summed E-state index contributed by atoms with van der Waals surface area (Å²) >= 11 is 0. The molecule has 0 aromatic carbocycles. The maximum atomic E-state index is 13.4. The van der Waals surface area contributed by atoms with Gasteiger partial charge in [-0.2, -0.15) is 0 Å². The highest BCUT2D eigenvalue weighted by atomic mass is 16.5. The van der Waals surface area contributed by atoms with Crippen molar-refractivity contribution in [2.45, 2.75) is 106 Å². The Kier molecular flexibility index (Phi) is 6.17. The lowest BCUT2D eigenvalue weighted by Crippen LogP contribution is -2.67. The normalized spacial score (nSPS) is 56.4. The number of hydrogen-bond acceptors (Lipinski definition) is 4. The minimum Gasteiger partial charge on any atom is -0.469 e. The number of allylic oxidation sites excluding steroid dienone is 2. The Labute approximate surface area is 219 Å². The van der Waals surface area contributed by atoms with Crippen molar-refractivity contribution < 1.29 is 19.7 Å². The van der Waals surface area contributed by atoms with E-state index >= 15 is 0 Å². The SMILES string of the molecule is COC(=O)C12CC[C@@H](C)[C@H](C)C1C1=CCC3[C@@]4(C)C[C@@H](C)C(O)[C@@](C)(CO)C4CC[C@@]3(C)[C@]1(C)CC2. The zero-order valence-corrected chi connectivity index (χ0v) is 24.2. The van der Waals surface area contributed by atoms with E-state index in [1.807, 2.05) is 0 Å². The molecule has 4 nitrogen and oxygen atoms in total. The number of ether oxygens (including phenoxy) is 1. The molecule has 0 spiro atoms. The van der Waals surface area contributed by atoms with E-state index in [-0.39, 0.29) is 46.1 Å². The van der Waals surface area contributed by atoms with Crippen molar-refractivity contribution in [2.75, 3.05) is 13.7 Å². The monoisotopic (exact) mass is 500 g/mol. The summed E-state index contributed by atoms with van der Waals surface area (Å²) < 4.78 is 5.51. The van der Waals surface area contributed by atoms with Crippen molar-refractivity contribution in [1.82, 2.24) is 0 Å². The maximum Gasteiger partial charge on any atom is 0.312 e. The van der Waals surface area contributed by atoms with Crippen LogP contribution in [0.1, 0.15) is 99.8 Å². The summed E-state index contributed by atoms with van der Waals surface area (Å²) in [5, 5.41) is 21.8. The lowest BCUT2D eigenvalue weighted by molar-refractivity contribution is -0.230. The van der Waals surface area contributed by atoms with Gasteiger partial charge < -0.3 is 14.9 Å². The number of methoxy groups -OCH3 is 1. The first-order valence-corrected chi connectivity index (χ1v) is 14.8. The molecule has 5 aliphatic carbocycles. The van der Waals surface area contributed by atoms with Crippen LogP contribution in [0.5, 0.6) is 0 Å². The second-order valence-corrected chi connectivity index (χ2v) is 15.1. The van der Waals surface area contributed by atoms with Crippen molar-refractivity contribution in [1.29, 1.82) is 0 Å². The summed E-state index contributed by atoms with van der Waals surface area (Å²) in [4.78, 5) is 13.4. The minimum atomic E-state index is -0.449. The van der Waals surface area contributed by atoms with E-state index in [1.165, 1.54) is 0 Å². The number of esters is 1. The van der Waals surface area contributed by atoms with Crippen molar-refractivity contribution in [2.24, 2.45) is 62.6 Å². The van der Waals surface area contributed by atoms with E-state index in [1.54, 1.807) is 12.7 Å². The molecule has 12 atom stereocenters. The topological polar surface area (TPSA) is 66.8 Å². The molecule has 4 saturated carbocycles. The quantitative estimate of drug-likeness (QED) is 0.340. The molecule has 0 aromatic heterocycles.